The zero-order valence-corrected chi connectivity index (χ0v) is 17.4. The van der Waals surface area contributed by atoms with E-state index in [4.69, 9.17) is 9.98 Å². The Kier molecular flexibility index (Phi) is 9.18. The summed E-state index contributed by atoms with van der Waals surface area (Å²) in [7, 11) is 8.20. The molecule has 0 heterocycles. The predicted molar refractivity (Wildman–Crippen MR) is 122 cm³/mol. The molecule has 0 unspecified atom stereocenters. The van der Waals surface area contributed by atoms with Crippen LogP contribution >= 0.6 is 0 Å². The summed E-state index contributed by atoms with van der Waals surface area (Å²) < 4.78 is 0. The highest BCUT2D eigenvalue weighted by Gasteiger charge is 2.11. The van der Waals surface area contributed by atoms with Gasteiger partial charge in [0.25, 0.3) is 0 Å². The molecule has 0 aromatic heterocycles. The number of nitrogens with one attached hydrogen (secondary N) is 2. The summed E-state index contributed by atoms with van der Waals surface area (Å²) >= 11 is 0. The van der Waals surface area contributed by atoms with Crippen LogP contribution in [0.15, 0.2) is 70.6 Å². The maximum Gasteiger partial charge on any atom is 0.169 e. The van der Waals surface area contributed by atoms with Gasteiger partial charge in [-0.05, 0) is 52.5 Å². The first-order chi connectivity index (χ1) is 13.5. The maximum absolute atomic E-state index is 4.81. The third kappa shape index (κ3) is 8.33. The Bertz CT molecular complexity index is 673. The fourth-order valence-electron chi connectivity index (χ4n) is 2.39. The van der Waals surface area contributed by atoms with Crippen LogP contribution in [0.3, 0.4) is 0 Å². The van der Waals surface area contributed by atoms with Crippen LogP contribution in [0.25, 0.3) is 0 Å². The average Bonchev–Trinajstić information content (AvgIpc) is 2.67. The molecule has 6 nitrogen and oxygen atoms in total. The van der Waals surface area contributed by atoms with E-state index in [9.17, 15) is 0 Å². The molecule has 2 aromatic rings. The lowest BCUT2D eigenvalue weighted by molar-refractivity contribution is 0.420. The molecule has 0 aliphatic rings. The summed E-state index contributed by atoms with van der Waals surface area (Å²) in [5, 5.41) is 6.87. The van der Waals surface area contributed by atoms with Crippen molar-refractivity contribution in [2.75, 3.05) is 65.0 Å². The lowest BCUT2D eigenvalue weighted by atomic mass is 10.3. The Morgan fingerprint density at radius 1 is 0.643 bits per heavy atom. The fraction of sp³-hybridized carbons (Fsp3) is 0.364. The van der Waals surface area contributed by atoms with Crippen LogP contribution in [0.1, 0.15) is 0 Å². The van der Waals surface area contributed by atoms with Gasteiger partial charge in [0.1, 0.15) is 0 Å². The second-order valence-corrected chi connectivity index (χ2v) is 7.05. The van der Waals surface area contributed by atoms with Gasteiger partial charge in [0.2, 0.25) is 0 Å². The molecule has 150 valence electrons. The zero-order chi connectivity index (χ0) is 20.2. The maximum atomic E-state index is 4.81. The highest BCUT2D eigenvalue weighted by Crippen LogP contribution is 2.09. The van der Waals surface area contributed by atoms with Crippen molar-refractivity contribution in [3.63, 3.8) is 0 Å². The van der Waals surface area contributed by atoms with E-state index in [0.717, 1.165) is 36.1 Å². The van der Waals surface area contributed by atoms with E-state index in [1.54, 1.807) is 0 Å². The average molecular weight is 381 g/mol. The second kappa shape index (κ2) is 11.9. The third-order valence-electron chi connectivity index (χ3n) is 3.93. The first-order valence-corrected chi connectivity index (χ1v) is 9.57. The lowest BCUT2D eigenvalue weighted by Gasteiger charge is -2.16. The topological polar surface area (TPSA) is 55.3 Å². The fourth-order valence-corrected chi connectivity index (χ4v) is 2.39. The number of aliphatic imine (C=N–C) groups is 2. The molecule has 0 saturated carbocycles. The van der Waals surface area contributed by atoms with Gasteiger partial charge in [-0.2, -0.15) is 0 Å². The molecule has 0 aliphatic heterocycles. The molecule has 0 radical (unpaired) electrons. The van der Waals surface area contributed by atoms with Crippen LogP contribution in [0, 0.1) is 0 Å². The Morgan fingerprint density at radius 2 is 1.00 bits per heavy atom. The van der Waals surface area contributed by atoms with Crippen LogP contribution in [-0.2, 0) is 0 Å². The molecule has 0 spiro atoms. The van der Waals surface area contributed by atoms with Gasteiger partial charge >= 0.3 is 0 Å². The summed E-state index contributed by atoms with van der Waals surface area (Å²) in [5.74, 6) is 1.49. The number of amidine groups is 2. The summed E-state index contributed by atoms with van der Waals surface area (Å²) in [6.45, 7) is 3.11. The van der Waals surface area contributed by atoms with Gasteiger partial charge in [-0.15, -0.1) is 0 Å². The van der Waals surface area contributed by atoms with E-state index in [2.05, 4.69) is 20.4 Å². The minimum atomic E-state index is 0.686. The molecule has 28 heavy (non-hydrogen) atoms. The van der Waals surface area contributed by atoms with Gasteiger partial charge < -0.3 is 20.4 Å². The van der Waals surface area contributed by atoms with Crippen molar-refractivity contribution >= 4 is 23.0 Å². The van der Waals surface area contributed by atoms with Crippen LogP contribution in [0.2, 0.25) is 0 Å². The molecule has 0 saturated heterocycles. The Morgan fingerprint density at radius 3 is 1.32 bits per heavy atom. The molecule has 2 rings (SSSR count). The van der Waals surface area contributed by atoms with E-state index in [0.29, 0.717) is 13.1 Å². The number of rotatable bonds is 8. The first kappa shape index (κ1) is 21.6. The lowest BCUT2D eigenvalue weighted by Crippen LogP contribution is -2.32. The number of benzene rings is 2. The zero-order valence-electron chi connectivity index (χ0n) is 17.4. The minimum absolute atomic E-state index is 0.686. The number of likely N-dealkylation sites (N-methyl/N-ethyl adjacent to an activating group) is 2. The SMILES string of the molecule is CN(C)CCN=C(Nc1ccccc1)C(=NCCN(C)C)Nc1ccccc1. The number of hydrogen-bond acceptors (Lipinski definition) is 4. The molecule has 2 aromatic carbocycles. The van der Waals surface area contributed by atoms with Crippen LogP contribution in [0.5, 0.6) is 0 Å². The summed E-state index contributed by atoms with van der Waals surface area (Å²) in [6.07, 6.45) is 0. The number of nitrogens with zero attached hydrogens (tertiary/aromatic N) is 4. The molecule has 2 N–H and O–H groups in total. The van der Waals surface area contributed by atoms with Crippen molar-refractivity contribution in [3.05, 3.63) is 60.7 Å². The number of para-hydroxylation sites is 2. The quantitative estimate of drug-likeness (QED) is 0.546. The molecule has 0 bridgehead atoms. The molecular weight excluding hydrogens is 348 g/mol. The summed E-state index contributed by atoms with van der Waals surface area (Å²) in [5.41, 5.74) is 1.97. The highest BCUT2D eigenvalue weighted by molar-refractivity contribution is 6.48. The third-order valence-corrected chi connectivity index (χ3v) is 3.93. The van der Waals surface area contributed by atoms with Gasteiger partial charge in [-0.1, -0.05) is 36.4 Å². The Balaban J connectivity index is 2.28. The number of hydrogen-bond donors (Lipinski definition) is 2. The Hall–Kier alpha value is -2.70. The molecule has 0 aliphatic carbocycles. The van der Waals surface area contributed by atoms with E-state index in [1.165, 1.54) is 0 Å². The van der Waals surface area contributed by atoms with E-state index in [-0.39, 0.29) is 0 Å². The van der Waals surface area contributed by atoms with Crippen molar-refractivity contribution in [1.29, 1.82) is 0 Å². The van der Waals surface area contributed by atoms with Gasteiger partial charge in [0, 0.05) is 24.5 Å². The van der Waals surface area contributed by atoms with Gasteiger partial charge in [-0.25, -0.2) is 0 Å². The summed E-state index contributed by atoms with van der Waals surface area (Å²) in [4.78, 5) is 13.9. The summed E-state index contributed by atoms with van der Waals surface area (Å²) in [6, 6.07) is 20.2. The molecular formula is C22H32N6. The van der Waals surface area contributed by atoms with Crippen molar-refractivity contribution in [1.82, 2.24) is 9.80 Å². The van der Waals surface area contributed by atoms with Gasteiger partial charge in [-0.3, -0.25) is 9.98 Å². The first-order valence-electron chi connectivity index (χ1n) is 9.57. The van der Waals surface area contributed by atoms with E-state index in [1.807, 2.05) is 88.9 Å². The van der Waals surface area contributed by atoms with Crippen molar-refractivity contribution in [2.45, 2.75) is 0 Å². The van der Waals surface area contributed by atoms with Crippen LogP contribution < -0.4 is 10.6 Å². The monoisotopic (exact) mass is 380 g/mol. The molecule has 0 atom stereocenters. The van der Waals surface area contributed by atoms with E-state index >= 15 is 0 Å². The second-order valence-electron chi connectivity index (χ2n) is 7.05. The molecule has 6 heteroatoms. The standard InChI is InChI=1S/C22H32N6/c1-27(2)17-15-23-21(25-19-11-7-5-8-12-19)22(24-16-18-28(3)4)26-20-13-9-6-10-14-20/h5-14H,15-18H2,1-4H3,(H,23,25)(H,24,26). The van der Waals surface area contributed by atoms with Crippen LogP contribution in [0.4, 0.5) is 11.4 Å². The van der Waals surface area contributed by atoms with Gasteiger partial charge in [0.15, 0.2) is 11.7 Å². The number of anilines is 2. The van der Waals surface area contributed by atoms with Crippen molar-refractivity contribution in [2.24, 2.45) is 9.98 Å². The Labute approximate surface area is 169 Å². The van der Waals surface area contributed by atoms with Crippen LogP contribution in [-0.4, -0.2) is 75.8 Å². The predicted octanol–water partition coefficient (Wildman–Crippen LogP) is 3.13. The highest BCUT2D eigenvalue weighted by atomic mass is 15.1. The smallest absolute Gasteiger partial charge is 0.169 e. The van der Waals surface area contributed by atoms with Gasteiger partial charge in [0.05, 0.1) is 13.1 Å². The molecule has 0 amide bonds. The van der Waals surface area contributed by atoms with Crippen molar-refractivity contribution in [3.8, 4) is 0 Å². The minimum Gasteiger partial charge on any atom is -0.337 e. The largest absolute Gasteiger partial charge is 0.337 e. The normalized spacial score (nSPS) is 12.5. The van der Waals surface area contributed by atoms with E-state index < -0.39 is 0 Å². The van der Waals surface area contributed by atoms with Crippen molar-refractivity contribution < 1.29 is 0 Å². The molecule has 0 fully saturated rings.